The molecule has 0 saturated carbocycles. The number of pyridine rings is 1. The predicted molar refractivity (Wildman–Crippen MR) is 127 cm³/mol. The minimum atomic E-state index is -0.862. The third-order valence-electron chi connectivity index (χ3n) is 6.65. The highest BCUT2D eigenvalue weighted by molar-refractivity contribution is 6.46. The van der Waals surface area contributed by atoms with Crippen LogP contribution in [0.5, 0.6) is 11.5 Å². The summed E-state index contributed by atoms with van der Waals surface area (Å²) >= 11 is 0. The normalized spacial score (nSPS) is 21.5. The molecule has 3 aliphatic rings. The number of Topliss-reactive ketones (excluding diaryl/α,β-unsaturated/α-hetero) is 1. The number of likely N-dealkylation sites (tertiary alicyclic amines) is 2. The number of nitrogens with zero attached hydrogens (tertiary/aromatic N) is 3. The standard InChI is InChI=1S/C26H27N3O7/c1-2-34-26(33)28-11-8-17(9-12-28)29-22(18-5-3-4-10-27-18)21(24(31)25(29)32)23(30)16-6-7-19-20(15-16)36-14-13-35-19/h3-7,10,15,17,22,30H,2,8-9,11-14H2,1H3/b23-21-. The van der Waals surface area contributed by atoms with E-state index in [1.165, 1.54) is 4.90 Å². The summed E-state index contributed by atoms with van der Waals surface area (Å²) in [5.74, 6) is -0.759. The van der Waals surface area contributed by atoms with Gasteiger partial charge in [-0.15, -0.1) is 0 Å². The summed E-state index contributed by atoms with van der Waals surface area (Å²) in [5, 5.41) is 11.3. The molecule has 2 aromatic rings. The number of aliphatic hydroxyl groups is 1. The molecule has 1 N–H and O–H groups in total. The number of ketones is 1. The fourth-order valence-corrected chi connectivity index (χ4v) is 4.94. The van der Waals surface area contributed by atoms with Crippen LogP contribution in [0.25, 0.3) is 5.76 Å². The number of amides is 2. The van der Waals surface area contributed by atoms with Crippen molar-refractivity contribution in [3.05, 3.63) is 59.4 Å². The molecule has 4 heterocycles. The number of hydrogen-bond donors (Lipinski definition) is 1. The van der Waals surface area contributed by atoms with E-state index in [0.717, 1.165) is 0 Å². The number of carbonyl (C=O) groups is 3. The lowest BCUT2D eigenvalue weighted by Crippen LogP contribution is -2.48. The van der Waals surface area contributed by atoms with Crippen LogP contribution in [0, 0.1) is 0 Å². The predicted octanol–water partition coefficient (Wildman–Crippen LogP) is 2.90. The van der Waals surface area contributed by atoms with Gasteiger partial charge in [-0.25, -0.2) is 4.79 Å². The molecule has 1 atom stereocenters. The zero-order chi connectivity index (χ0) is 25.2. The number of benzene rings is 1. The van der Waals surface area contributed by atoms with Gasteiger partial charge in [0.05, 0.1) is 17.9 Å². The highest BCUT2D eigenvalue weighted by Gasteiger charge is 2.50. The first kappa shape index (κ1) is 23.7. The van der Waals surface area contributed by atoms with Crippen LogP contribution in [-0.2, 0) is 14.3 Å². The van der Waals surface area contributed by atoms with Crippen LogP contribution in [0.4, 0.5) is 4.79 Å². The Bertz CT molecular complexity index is 1210. The van der Waals surface area contributed by atoms with E-state index in [2.05, 4.69) is 4.98 Å². The Morgan fingerprint density at radius 1 is 1.11 bits per heavy atom. The van der Waals surface area contributed by atoms with Crippen LogP contribution in [-0.4, -0.2) is 76.6 Å². The minimum Gasteiger partial charge on any atom is -0.507 e. The molecule has 10 heteroatoms. The van der Waals surface area contributed by atoms with E-state index in [-0.39, 0.29) is 24.0 Å². The van der Waals surface area contributed by atoms with Crippen LogP contribution < -0.4 is 9.47 Å². The zero-order valence-electron chi connectivity index (χ0n) is 19.9. The van der Waals surface area contributed by atoms with Gasteiger partial charge in [0.15, 0.2) is 11.5 Å². The Labute approximate surface area is 208 Å². The van der Waals surface area contributed by atoms with E-state index < -0.39 is 23.8 Å². The molecule has 1 unspecified atom stereocenters. The summed E-state index contributed by atoms with van der Waals surface area (Å²) in [6.07, 6.45) is 2.14. The Balaban J connectivity index is 1.51. The number of ether oxygens (including phenoxy) is 3. The van der Waals surface area contributed by atoms with Crippen LogP contribution in [0.2, 0.25) is 0 Å². The second-order valence-corrected chi connectivity index (χ2v) is 8.74. The Kier molecular flexibility index (Phi) is 6.49. The van der Waals surface area contributed by atoms with Crippen molar-refractivity contribution in [2.24, 2.45) is 0 Å². The van der Waals surface area contributed by atoms with E-state index >= 15 is 0 Å². The van der Waals surface area contributed by atoms with Gasteiger partial charge in [0.25, 0.3) is 11.7 Å². The maximum absolute atomic E-state index is 13.3. The molecule has 2 amide bonds. The molecule has 2 fully saturated rings. The highest BCUT2D eigenvalue weighted by atomic mass is 16.6. The number of aromatic nitrogens is 1. The fraction of sp³-hybridized carbons (Fsp3) is 0.385. The van der Waals surface area contributed by atoms with E-state index in [1.807, 2.05) is 0 Å². The number of aliphatic hydroxyl groups excluding tert-OH is 1. The van der Waals surface area contributed by atoms with E-state index in [1.54, 1.807) is 54.4 Å². The summed E-state index contributed by atoms with van der Waals surface area (Å²) in [7, 11) is 0. The molecule has 0 bridgehead atoms. The molecule has 1 aromatic carbocycles. The molecule has 188 valence electrons. The van der Waals surface area contributed by atoms with Gasteiger partial charge < -0.3 is 29.1 Å². The van der Waals surface area contributed by atoms with Crippen molar-refractivity contribution in [1.82, 2.24) is 14.8 Å². The number of fused-ring (bicyclic) bond motifs is 1. The second kappa shape index (κ2) is 9.88. The average molecular weight is 494 g/mol. The number of carbonyl (C=O) groups excluding carboxylic acids is 3. The molecule has 0 aliphatic carbocycles. The van der Waals surface area contributed by atoms with Gasteiger partial charge in [-0.2, -0.15) is 0 Å². The maximum Gasteiger partial charge on any atom is 0.409 e. The monoisotopic (exact) mass is 493 g/mol. The Morgan fingerprint density at radius 2 is 1.86 bits per heavy atom. The quantitative estimate of drug-likeness (QED) is 0.392. The molecule has 2 saturated heterocycles. The molecular weight excluding hydrogens is 466 g/mol. The Hall–Kier alpha value is -4.08. The second-order valence-electron chi connectivity index (χ2n) is 8.74. The highest BCUT2D eigenvalue weighted by Crippen LogP contribution is 2.42. The molecule has 3 aliphatic heterocycles. The smallest absolute Gasteiger partial charge is 0.409 e. The third kappa shape index (κ3) is 4.23. The molecular formula is C26H27N3O7. The molecule has 1 aromatic heterocycles. The maximum atomic E-state index is 13.3. The van der Waals surface area contributed by atoms with Gasteiger partial charge >= 0.3 is 6.09 Å². The van der Waals surface area contributed by atoms with Crippen LogP contribution in [0.1, 0.15) is 37.1 Å². The van der Waals surface area contributed by atoms with Gasteiger partial charge in [-0.05, 0) is 50.1 Å². The van der Waals surface area contributed by atoms with Crippen molar-refractivity contribution in [3.8, 4) is 11.5 Å². The van der Waals surface area contributed by atoms with Gasteiger partial charge in [0, 0.05) is 30.9 Å². The zero-order valence-corrected chi connectivity index (χ0v) is 19.9. The minimum absolute atomic E-state index is 0.0248. The van der Waals surface area contributed by atoms with Crippen molar-refractivity contribution < 1.29 is 33.7 Å². The summed E-state index contributed by atoms with van der Waals surface area (Å²) in [4.78, 5) is 46.3. The molecule has 0 spiro atoms. The van der Waals surface area contributed by atoms with E-state index in [0.29, 0.717) is 61.9 Å². The first-order valence-electron chi connectivity index (χ1n) is 12.0. The average Bonchev–Trinajstić information content (AvgIpc) is 3.18. The Morgan fingerprint density at radius 3 is 2.56 bits per heavy atom. The van der Waals surface area contributed by atoms with Gasteiger partial charge in [-0.1, -0.05) is 6.07 Å². The first-order valence-corrected chi connectivity index (χ1v) is 12.0. The molecule has 10 nitrogen and oxygen atoms in total. The number of piperidine rings is 1. The van der Waals surface area contributed by atoms with Crippen molar-refractivity contribution >= 4 is 23.5 Å². The molecule has 5 rings (SSSR count). The van der Waals surface area contributed by atoms with Crippen molar-refractivity contribution in [2.45, 2.75) is 31.8 Å². The van der Waals surface area contributed by atoms with E-state index in [9.17, 15) is 19.5 Å². The first-order chi connectivity index (χ1) is 17.5. The van der Waals surface area contributed by atoms with E-state index in [4.69, 9.17) is 14.2 Å². The number of rotatable bonds is 4. The fourth-order valence-electron chi connectivity index (χ4n) is 4.94. The van der Waals surface area contributed by atoms with Crippen molar-refractivity contribution in [1.29, 1.82) is 0 Å². The van der Waals surface area contributed by atoms with Crippen LogP contribution >= 0.6 is 0 Å². The van der Waals surface area contributed by atoms with Crippen LogP contribution in [0.3, 0.4) is 0 Å². The van der Waals surface area contributed by atoms with Crippen molar-refractivity contribution in [2.75, 3.05) is 32.9 Å². The van der Waals surface area contributed by atoms with Gasteiger partial charge in [0.1, 0.15) is 25.0 Å². The largest absolute Gasteiger partial charge is 0.507 e. The van der Waals surface area contributed by atoms with Gasteiger partial charge in [-0.3, -0.25) is 14.6 Å². The summed E-state index contributed by atoms with van der Waals surface area (Å²) in [5.41, 5.74) is 0.794. The lowest BCUT2D eigenvalue weighted by atomic mass is 9.96. The molecule has 0 radical (unpaired) electrons. The summed E-state index contributed by atoms with van der Waals surface area (Å²) < 4.78 is 16.3. The van der Waals surface area contributed by atoms with Gasteiger partial charge in [0.2, 0.25) is 0 Å². The third-order valence-corrected chi connectivity index (χ3v) is 6.65. The lowest BCUT2D eigenvalue weighted by molar-refractivity contribution is -0.142. The summed E-state index contributed by atoms with van der Waals surface area (Å²) in [6.45, 7) is 3.62. The SMILES string of the molecule is CCOC(=O)N1CCC(N2C(=O)C(=O)/C(=C(\O)c3ccc4c(c3)OCCO4)C2c2ccccn2)CC1. The van der Waals surface area contributed by atoms with Crippen LogP contribution in [0.15, 0.2) is 48.2 Å². The number of hydrogen-bond acceptors (Lipinski definition) is 8. The van der Waals surface area contributed by atoms with Crippen molar-refractivity contribution in [3.63, 3.8) is 0 Å². The topological polar surface area (TPSA) is 119 Å². The molecule has 36 heavy (non-hydrogen) atoms. The summed E-state index contributed by atoms with van der Waals surface area (Å²) in [6, 6.07) is 8.97. The lowest BCUT2D eigenvalue weighted by Gasteiger charge is -2.38.